The second-order valence-corrected chi connectivity index (χ2v) is 6.59. The number of nitrogens with one attached hydrogen (secondary N) is 1. The molecule has 1 N–H and O–H groups in total. The van der Waals surface area contributed by atoms with Crippen LogP contribution in [0.5, 0.6) is 0 Å². The van der Waals surface area contributed by atoms with Crippen molar-refractivity contribution in [2.75, 3.05) is 13.7 Å². The zero-order valence-corrected chi connectivity index (χ0v) is 13.4. The first-order chi connectivity index (χ1) is 9.45. The van der Waals surface area contributed by atoms with Gasteiger partial charge in [-0.25, -0.2) is 9.97 Å². The van der Waals surface area contributed by atoms with Gasteiger partial charge in [-0.2, -0.15) is 0 Å². The van der Waals surface area contributed by atoms with E-state index < -0.39 is 0 Å². The molecular formula is C16H27N3O. The van der Waals surface area contributed by atoms with E-state index in [1.807, 2.05) is 13.1 Å². The number of rotatable bonds is 5. The summed E-state index contributed by atoms with van der Waals surface area (Å²) in [5.74, 6) is 0.894. The molecule has 112 valence electrons. The maximum Gasteiger partial charge on any atom is 0.131 e. The minimum atomic E-state index is 0.161. The largest absolute Gasteiger partial charge is 0.381 e. The molecule has 0 amide bonds. The monoisotopic (exact) mass is 277 g/mol. The summed E-state index contributed by atoms with van der Waals surface area (Å²) in [6.07, 6.45) is 5.12. The van der Waals surface area contributed by atoms with Crippen molar-refractivity contribution >= 4 is 0 Å². The Labute approximate surface area is 122 Å². The van der Waals surface area contributed by atoms with Gasteiger partial charge < -0.3 is 10.1 Å². The van der Waals surface area contributed by atoms with Crippen LogP contribution in [0.1, 0.15) is 57.2 Å². The first-order valence-electron chi connectivity index (χ1n) is 7.56. The fourth-order valence-corrected chi connectivity index (χ4v) is 2.96. The summed E-state index contributed by atoms with van der Waals surface area (Å²) in [7, 11) is 1.73. The van der Waals surface area contributed by atoms with Gasteiger partial charge in [-0.05, 0) is 31.7 Å². The molecule has 1 aromatic rings. The summed E-state index contributed by atoms with van der Waals surface area (Å²) >= 11 is 0. The molecule has 1 heterocycles. The standard InChI is InChI=1S/C16H27N3O/c1-6-17-13-8-16(3,4)9-14-12(13)10-18-15(19-14)7-11(2)20-5/h10-11,13,17H,6-9H2,1-5H3. The van der Waals surface area contributed by atoms with E-state index in [0.29, 0.717) is 11.5 Å². The Bertz CT molecular complexity index is 459. The molecule has 0 bridgehead atoms. The van der Waals surface area contributed by atoms with Crippen LogP contribution in [-0.4, -0.2) is 29.7 Å². The number of ether oxygens (including phenoxy) is 1. The SMILES string of the molecule is CCNC1CC(C)(C)Cc2nc(CC(C)OC)ncc21. The fraction of sp³-hybridized carbons (Fsp3) is 0.750. The molecule has 0 saturated carbocycles. The Morgan fingerprint density at radius 2 is 2.25 bits per heavy atom. The predicted octanol–water partition coefficient (Wildman–Crippen LogP) is 2.68. The first kappa shape index (κ1) is 15.4. The van der Waals surface area contributed by atoms with E-state index in [0.717, 1.165) is 31.6 Å². The maximum atomic E-state index is 5.31. The van der Waals surface area contributed by atoms with Gasteiger partial charge >= 0.3 is 0 Å². The third-order valence-electron chi connectivity index (χ3n) is 4.05. The van der Waals surface area contributed by atoms with Gasteiger partial charge in [0.1, 0.15) is 5.82 Å². The van der Waals surface area contributed by atoms with E-state index in [1.165, 1.54) is 11.3 Å². The van der Waals surface area contributed by atoms with Crippen molar-refractivity contribution in [3.8, 4) is 0 Å². The third-order valence-corrected chi connectivity index (χ3v) is 4.05. The van der Waals surface area contributed by atoms with Crippen LogP contribution in [0.3, 0.4) is 0 Å². The molecule has 1 aromatic heterocycles. The van der Waals surface area contributed by atoms with E-state index in [4.69, 9.17) is 9.72 Å². The fourth-order valence-electron chi connectivity index (χ4n) is 2.96. The van der Waals surface area contributed by atoms with E-state index in [9.17, 15) is 0 Å². The summed E-state index contributed by atoms with van der Waals surface area (Å²) in [6, 6.07) is 0.382. The highest BCUT2D eigenvalue weighted by atomic mass is 16.5. The third kappa shape index (κ3) is 3.55. The molecule has 1 aliphatic rings. The Hall–Kier alpha value is -1.00. The highest BCUT2D eigenvalue weighted by Gasteiger charge is 2.33. The van der Waals surface area contributed by atoms with E-state index >= 15 is 0 Å². The lowest BCUT2D eigenvalue weighted by Crippen LogP contribution is -2.34. The van der Waals surface area contributed by atoms with Crippen LogP contribution in [0.15, 0.2) is 6.20 Å². The lowest BCUT2D eigenvalue weighted by molar-refractivity contribution is 0.117. The quantitative estimate of drug-likeness (QED) is 0.899. The average Bonchev–Trinajstić information content (AvgIpc) is 2.37. The summed E-state index contributed by atoms with van der Waals surface area (Å²) in [6.45, 7) is 9.81. The Morgan fingerprint density at radius 3 is 2.90 bits per heavy atom. The minimum Gasteiger partial charge on any atom is -0.381 e. The molecule has 0 saturated heterocycles. The summed E-state index contributed by atoms with van der Waals surface area (Å²) in [4.78, 5) is 9.33. The molecule has 2 unspecified atom stereocenters. The molecule has 2 rings (SSSR count). The Balaban J connectivity index is 2.27. The van der Waals surface area contributed by atoms with Crippen LogP contribution in [0.2, 0.25) is 0 Å². The number of hydrogen-bond donors (Lipinski definition) is 1. The van der Waals surface area contributed by atoms with Crippen molar-refractivity contribution < 1.29 is 4.74 Å². The average molecular weight is 277 g/mol. The smallest absolute Gasteiger partial charge is 0.131 e. The molecular weight excluding hydrogens is 250 g/mol. The number of nitrogens with zero attached hydrogens (tertiary/aromatic N) is 2. The van der Waals surface area contributed by atoms with Gasteiger partial charge in [0.15, 0.2) is 0 Å². The van der Waals surface area contributed by atoms with Gasteiger partial charge in [0.2, 0.25) is 0 Å². The van der Waals surface area contributed by atoms with Gasteiger partial charge in [-0.15, -0.1) is 0 Å². The molecule has 4 heteroatoms. The molecule has 0 aliphatic heterocycles. The molecule has 0 radical (unpaired) electrons. The topological polar surface area (TPSA) is 47.0 Å². The predicted molar refractivity (Wildman–Crippen MR) is 80.7 cm³/mol. The highest BCUT2D eigenvalue weighted by Crippen LogP contribution is 2.39. The van der Waals surface area contributed by atoms with E-state index in [1.54, 1.807) is 7.11 Å². The van der Waals surface area contributed by atoms with Gasteiger partial charge in [-0.1, -0.05) is 20.8 Å². The second-order valence-electron chi connectivity index (χ2n) is 6.59. The van der Waals surface area contributed by atoms with Crippen LogP contribution in [0.25, 0.3) is 0 Å². The van der Waals surface area contributed by atoms with Gasteiger partial charge in [0.25, 0.3) is 0 Å². The lowest BCUT2D eigenvalue weighted by Gasteiger charge is -2.36. The number of aromatic nitrogens is 2. The van der Waals surface area contributed by atoms with Crippen molar-refractivity contribution in [3.05, 3.63) is 23.3 Å². The molecule has 20 heavy (non-hydrogen) atoms. The van der Waals surface area contributed by atoms with Crippen LogP contribution < -0.4 is 5.32 Å². The Morgan fingerprint density at radius 1 is 1.50 bits per heavy atom. The van der Waals surface area contributed by atoms with Crippen molar-refractivity contribution in [3.63, 3.8) is 0 Å². The highest BCUT2D eigenvalue weighted by molar-refractivity contribution is 5.26. The van der Waals surface area contributed by atoms with Crippen molar-refractivity contribution in [2.24, 2.45) is 5.41 Å². The molecule has 0 aromatic carbocycles. The van der Waals surface area contributed by atoms with E-state index in [2.05, 4.69) is 31.1 Å². The van der Waals surface area contributed by atoms with Crippen molar-refractivity contribution in [2.45, 2.75) is 59.1 Å². The van der Waals surface area contributed by atoms with Crippen LogP contribution in [0.4, 0.5) is 0 Å². The summed E-state index contributed by atoms with van der Waals surface area (Å²) in [5, 5.41) is 3.56. The zero-order chi connectivity index (χ0) is 14.8. The van der Waals surface area contributed by atoms with Crippen LogP contribution >= 0.6 is 0 Å². The van der Waals surface area contributed by atoms with Gasteiger partial charge in [0.05, 0.1) is 6.10 Å². The minimum absolute atomic E-state index is 0.161. The number of methoxy groups -OCH3 is 1. The van der Waals surface area contributed by atoms with Crippen LogP contribution in [-0.2, 0) is 17.6 Å². The van der Waals surface area contributed by atoms with Crippen molar-refractivity contribution in [1.29, 1.82) is 0 Å². The number of hydrogen-bond acceptors (Lipinski definition) is 4. The van der Waals surface area contributed by atoms with Crippen molar-refractivity contribution in [1.82, 2.24) is 15.3 Å². The molecule has 0 spiro atoms. The first-order valence-corrected chi connectivity index (χ1v) is 7.56. The summed E-state index contributed by atoms with van der Waals surface area (Å²) < 4.78 is 5.31. The van der Waals surface area contributed by atoms with Crippen LogP contribution in [0, 0.1) is 5.41 Å². The lowest BCUT2D eigenvalue weighted by atomic mass is 9.74. The second kappa shape index (κ2) is 6.19. The maximum absolute atomic E-state index is 5.31. The molecule has 4 nitrogen and oxygen atoms in total. The number of fused-ring (bicyclic) bond motifs is 1. The van der Waals surface area contributed by atoms with Gasteiger partial charge in [0, 0.05) is 37.0 Å². The normalized spacial score (nSPS) is 22.4. The molecule has 2 atom stereocenters. The van der Waals surface area contributed by atoms with E-state index in [-0.39, 0.29) is 6.10 Å². The molecule has 1 aliphatic carbocycles. The van der Waals surface area contributed by atoms with Gasteiger partial charge in [-0.3, -0.25) is 0 Å². The summed E-state index contributed by atoms with van der Waals surface area (Å²) in [5.41, 5.74) is 2.78. The zero-order valence-electron chi connectivity index (χ0n) is 13.4. The molecule has 0 fully saturated rings. The Kier molecular flexibility index (Phi) is 4.76.